The molecule has 1 rings (SSSR count). The fourth-order valence-electron chi connectivity index (χ4n) is 0.554. The Balaban J connectivity index is 3.43. The van der Waals surface area contributed by atoms with E-state index in [0.29, 0.717) is 3.97 Å². The van der Waals surface area contributed by atoms with Gasteiger partial charge in [-0.2, -0.15) is 0 Å². The van der Waals surface area contributed by atoms with E-state index in [2.05, 4.69) is 0 Å². The van der Waals surface area contributed by atoms with Gasteiger partial charge in [-0.25, -0.2) is 12.4 Å². The van der Waals surface area contributed by atoms with Crippen molar-refractivity contribution < 1.29 is 8.42 Å². The van der Waals surface area contributed by atoms with Crippen molar-refractivity contribution >= 4 is 10.9 Å². The Hall–Kier alpha value is -1.10. The molecule has 4 nitrogen and oxygen atoms in total. The standard InChI is InChI=1S/C5H5NO3S/c7-5-3-1-2-4-6(5)10(8)9/h1-4,10H. The minimum absolute atomic E-state index is 0.529. The number of hydrogen-bond donors (Lipinski definition) is 1. The highest BCUT2D eigenvalue weighted by molar-refractivity contribution is 7.70. The molecule has 10 heavy (non-hydrogen) atoms. The Morgan fingerprint density at radius 1 is 1.30 bits per heavy atom. The van der Waals surface area contributed by atoms with Gasteiger partial charge in [0, 0.05) is 12.3 Å². The summed E-state index contributed by atoms with van der Waals surface area (Å²) in [4.78, 5) is 10.6. The molecule has 0 radical (unpaired) electrons. The van der Waals surface area contributed by atoms with Crippen molar-refractivity contribution in [3.63, 3.8) is 0 Å². The Kier molecular flexibility index (Phi) is 1.86. The van der Waals surface area contributed by atoms with Gasteiger partial charge >= 0.3 is 0 Å². The molecular weight excluding hydrogens is 154 g/mol. The van der Waals surface area contributed by atoms with Crippen LogP contribution in [0, 0.1) is 0 Å². The lowest BCUT2D eigenvalue weighted by Crippen LogP contribution is -2.16. The van der Waals surface area contributed by atoms with Crippen LogP contribution in [0.2, 0.25) is 0 Å². The summed E-state index contributed by atoms with van der Waals surface area (Å²) < 4.78 is 21.1. The average molecular weight is 159 g/mol. The second kappa shape index (κ2) is 2.66. The molecule has 0 bridgehead atoms. The van der Waals surface area contributed by atoms with Gasteiger partial charge in [-0.15, -0.1) is 0 Å². The fourth-order valence-corrected chi connectivity index (χ4v) is 0.967. The average Bonchev–Trinajstić information content (AvgIpc) is 1.88. The van der Waals surface area contributed by atoms with Gasteiger partial charge < -0.3 is 0 Å². The summed E-state index contributed by atoms with van der Waals surface area (Å²) in [6.07, 6.45) is 1.20. The van der Waals surface area contributed by atoms with Gasteiger partial charge in [0.15, 0.2) is 0 Å². The normalized spacial score (nSPS) is 10.1. The lowest BCUT2D eigenvalue weighted by Gasteiger charge is -1.89. The molecule has 0 unspecified atom stereocenters. The Bertz CT molecular complexity index is 344. The van der Waals surface area contributed by atoms with Crippen LogP contribution in [0.3, 0.4) is 0 Å². The number of nitrogens with zero attached hydrogens (tertiary/aromatic N) is 1. The van der Waals surface area contributed by atoms with Crippen molar-refractivity contribution in [1.82, 2.24) is 3.97 Å². The Morgan fingerprint density at radius 2 is 2.00 bits per heavy atom. The molecular formula is C5H5NO3S. The van der Waals surface area contributed by atoms with E-state index in [1.807, 2.05) is 0 Å². The second-order valence-electron chi connectivity index (χ2n) is 1.62. The van der Waals surface area contributed by atoms with Crippen molar-refractivity contribution in [3.8, 4) is 0 Å². The first-order valence-corrected chi connectivity index (χ1v) is 3.67. The quantitative estimate of drug-likeness (QED) is 0.547. The molecule has 0 amide bonds. The van der Waals surface area contributed by atoms with E-state index in [9.17, 15) is 13.2 Å². The highest BCUT2D eigenvalue weighted by Gasteiger charge is 1.90. The van der Waals surface area contributed by atoms with Gasteiger partial charge in [0.05, 0.1) is 0 Å². The van der Waals surface area contributed by atoms with Crippen molar-refractivity contribution in [3.05, 3.63) is 34.7 Å². The molecule has 0 fully saturated rings. The van der Waals surface area contributed by atoms with E-state index in [0.717, 1.165) is 0 Å². The highest BCUT2D eigenvalue weighted by atomic mass is 32.2. The van der Waals surface area contributed by atoms with Crippen LogP contribution in [-0.2, 0) is 10.9 Å². The summed E-state index contributed by atoms with van der Waals surface area (Å²) in [5.41, 5.74) is -0.529. The monoisotopic (exact) mass is 159 g/mol. The molecule has 0 aliphatic rings. The maximum absolute atomic E-state index is 10.6. The predicted molar refractivity (Wildman–Crippen MR) is 36.4 cm³/mol. The van der Waals surface area contributed by atoms with E-state index in [-0.39, 0.29) is 0 Å². The molecule has 0 saturated heterocycles. The SMILES string of the molecule is O=c1ccccn1[SH](=O)=O. The van der Waals surface area contributed by atoms with Crippen molar-refractivity contribution in [2.75, 3.05) is 0 Å². The van der Waals surface area contributed by atoms with Gasteiger partial charge in [-0.1, -0.05) is 6.07 Å². The highest BCUT2D eigenvalue weighted by Crippen LogP contribution is 1.77. The molecule has 5 heteroatoms. The van der Waals surface area contributed by atoms with Crippen LogP contribution in [0.25, 0.3) is 0 Å². The smallest absolute Gasteiger partial charge is 0.263 e. The van der Waals surface area contributed by atoms with Gasteiger partial charge in [0.2, 0.25) is 10.9 Å². The van der Waals surface area contributed by atoms with Gasteiger partial charge in [-0.05, 0) is 6.07 Å². The number of aromatic nitrogens is 1. The topological polar surface area (TPSA) is 56.1 Å². The summed E-state index contributed by atoms with van der Waals surface area (Å²) in [5.74, 6) is 0. The molecule has 0 aliphatic carbocycles. The third kappa shape index (κ3) is 1.24. The molecule has 1 aromatic rings. The summed E-state index contributed by atoms with van der Waals surface area (Å²) in [6.45, 7) is 0. The maximum atomic E-state index is 10.6. The Labute approximate surface area is 58.8 Å². The van der Waals surface area contributed by atoms with Crippen LogP contribution < -0.4 is 5.56 Å². The predicted octanol–water partition coefficient (Wildman–Crippen LogP) is -0.777. The number of hydrogen-bond acceptors (Lipinski definition) is 3. The van der Waals surface area contributed by atoms with E-state index in [1.54, 1.807) is 0 Å². The molecule has 0 atom stereocenters. The molecule has 0 N–H and O–H groups in total. The van der Waals surface area contributed by atoms with E-state index < -0.39 is 16.4 Å². The van der Waals surface area contributed by atoms with E-state index >= 15 is 0 Å². The summed E-state index contributed by atoms with van der Waals surface area (Å²) in [5, 5.41) is 0. The third-order valence-electron chi connectivity index (χ3n) is 0.979. The third-order valence-corrected chi connectivity index (χ3v) is 1.66. The minimum Gasteiger partial charge on any atom is -0.268 e. The number of thiol groups is 1. The zero-order valence-corrected chi connectivity index (χ0v) is 5.82. The van der Waals surface area contributed by atoms with Crippen LogP contribution in [0.5, 0.6) is 0 Å². The fraction of sp³-hybridized carbons (Fsp3) is 0. The van der Waals surface area contributed by atoms with Crippen LogP contribution >= 0.6 is 0 Å². The summed E-state index contributed by atoms with van der Waals surface area (Å²) in [7, 11) is -2.81. The zero-order chi connectivity index (χ0) is 7.56. The van der Waals surface area contributed by atoms with E-state index in [4.69, 9.17) is 0 Å². The first-order valence-electron chi connectivity index (χ1n) is 2.54. The van der Waals surface area contributed by atoms with Crippen LogP contribution in [0.4, 0.5) is 0 Å². The van der Waals surface area contributed by atoms with Crippen molar-refractivity contribution in [2.45, 2.75) is 0 Å². The number of pyridine rings is 1. The molecule has 0 saturated carbocycles. The van der Waals surface area contributed by atoms with Gasteiger partial charge in [0.25, 0.3) is 5.56 Å². The molecule has 0 aromatic carbocycles. The van der Waals surface area contributed by atoms with Crippen LogP contribution in [0.1, 0.15) is 0 Å². The van der Waals surface area contributed by atoms with E-state index in [1.165, 1.54) is 24.4 Å². The van der Waals surface area contributed by atoms with Gasteiger partial charge in [0.1, 0.15) is 0 Å². The minimum atomic E-state index is -2.81. The lowest BCUT2D eigenvalue weighted by molar-refractivity contribution is 0.605. The van der Waals surface area contributed by atoms with Crippen molar-refractivity contribution in [1.29, 1.82) is 0 Å². The lowest BCUT2D eigenvalue weighted by atomic mass is 10.5. The summed E-state index contributed by atoms with van der Waals surface area (Å²) >= 11 is 0. The maximum Gasteiger partial charge on any atom is 0.263 e. The number of rotatable bonds is 1. The molecule has 0 spiro atoms. The van der Waals surface area contributed by atoms with Gasteiger partial charge in [-0.3, -0.25) is 4.79 Å². The zero-order valence-electron chi connectivity index (χ0n) is 4.93. The first kappa shape index (κ1) is 7.01. The molecule has 1 aromatic heterocycles. The van der Waals surface area contributed by atoms with Crippen LogP contribution in [0.15, 0.2) is 29.2 Å². The molecule has 0 aliphatic heterocycles. The first-order chi connectivity index (χ1) is 4.72. The largest absolute Gasteiger partial charge is 0.268 e. The molecule has 54 valence electrons. The van der Waals surface area contributed by atoms with Crippen LogP contribution in [-0.4, -0.2) is 12.4 Å². The van der Waals surface area contributed by atoms with Crippen molar-refractivity contribution in [2.24, 2.45) is 0 Å². The second-order valence-corrected chi connectivity index (χ2v) is 2.53. The Morgan fingerprint density at radius 3 is 2.40 bits per heavy atom. The molecule has 1 heterocycles. The summed E-state index contributed by atoms with van der Waals surface area (Å²) in [6, 6.07) is 4.15.